The molecule has 0 amide bonds. The van der Waals surface area contributed by atoms with Gasteiger partial charge in [-0.1, -0.05) is 78.9 Å². The smallest absolute Gasteiger partial charge is 0.0571 e. The standard InChI is InChI=1S/C30H50O/c1-7-9-23-26-13-12-22-25-15-14-24(21(4)11-8-10-20(2)3)29(25,5)18-16-27(22)30(26,6)19-17-28(23)31/h15,20-21,23-24,26,28,31H,7-14,16-19H2,1-6H3/t21-,23?,24-,26?,28+,29-,30+/m1/s1. The Balaban J connectivity index is 1.56. The van der Waals surface area contributed by atoms with Crippen molar-refractivity contribution in [3.8, 4) is 0 Å². The van der Waals surface area contributed by atoms with Gasteiger partial charge in [0.05, 0.1) is 6.10 Å². The molecule has 2 unspecified atom stereocenters. The van der Waals surface area contributed by atoms with E-state index in [1.165, 1.54) is 70.6 Å². The zero-order chi connectivity index (χ0) is 22.4. The summed E-state index contributed by atoms with van der Waals surface area (Å²) in [7, 11) is 0. The Morgan fingerprint density at radius 2 is 1.81 bits per heavy atom. The molecule has 0 heterocycles. The van der Waals surface area contributed by atoms with Gasteiger partial charge >= 0.3 is 0 Å². The minimum atomic E-state index is -0.0594. The van der Waals surface area contributed by atoms with E-state index in [9.17, 15) is 5.11 Å². The molecule has 0 radical (unpaired) electrons. The van der Waals surface area contributed by atoms with E-state index in [0.29, 0.717) is 22.7 Å². The van der Waals surface area contributed by atoms with Gasteiger partial charge in [-0.2, -0.15) is 0 Å². The minimum absolute atomic E-state index is 0.0594. The van der Waals surface area contributed by atoms with E-state index >= 15 is 0 Å². The first kappa shape index (κ1) is 23.6. The molecule has 1 heteroatoms. The van der Waals surface area contributed by atoms with E-state index in [1.807, 2.05) is 5.57 Å². The highest BCUT2D eigenvalue weighted by atomic mass is 16.3. The van der Waals surface area contributed by atoms with Crippen molar-refractivity contribution in [3.05, 3.63) is 22.8 Å². The van der Waals surface area contributed by atoms with Gasteiger partial charge in [0, 0.05) is 0 Å². The lowest BCUT2D eigenvalue weighted by Gasteiger charge is -2.56. The molecule has 31 heavy (non-hydrogen) atoms. The number of hydrogen-bond acceptors (Lipinski definition) is 1. The summed E-state index contributed by atoms with van der Waals surface area (Å²) in [6.45, 7) is 14.8. The Labute approximate surface area is 193 Å². The maximum atomic E-state index is 10.8. The van der Waals surface area contributed by atoms with Crippen LogP contribution in [-0.4, -0.2) is 11.2 Å². The third-order valence-corrected chi connectivity index (χ3v) is 10.5. The van der Waals surface area contributed by atoms with Crippen LogP contribution in [0.25, 0.3) is 0 Å². The van der Waals surface area contributed by atoms with Crippen LogP contribution < -0.4 is 0 Å². The van der Waals surface area contributed by atoms with Crippen LogP contribution in [0.3, 0.4) is 0 Å². The van der Waals surface area contributed by atoms with Crippen LogP contribution in [0.1, 0.15) is 119 Å². The summed E-state index contributed by atoms with van der Waals surface area (Å²) in [4.78, 5) is 0. The highest BCUT2D eigenvalue weighted by Gasteiger charge is 2.54. The van der Waals surface area contributed by atoms with E-state index in [-0.39, 0.29) is 6.10 Å². The number of rotatable bonds is 7. The average molecular weight is 427 g/mol. The highest BCUT2D eigenvalue weighted by molar-refractivity contribution is 5.49. The Bertz CT molecular complexity index is 714. The van der Waals surface area contributed by atoms with E-state index in [0.717, 1.165) is 24.2 Å². The van der Waals surface area contributed by atoms with Gasteiger partial charge in [0.25, 0.3) is 0 Å². The first-order valence-corrected chi connectivity index (χ1v) is 13.8. The Morgan fingerprint density at radius 1 is 1.03 bits per heavy atom. The summed E-state index contributed by atoms with van der Waals surface area (Å²) in [5.41, 5.74) is 6.14. The molecule has 176 valence electrons. The summed E-state index contributed by atoms with van der Waals surface area (Å²) in [5.74, 6) is 3.74. The summed E-state index contributed by atoms with van der Waals surface area (Å²) >= 11 is 0. The van der Waals surface area contributed by atoms with Crippen molar-refractivity contribution in [2.45, 2.75) is 125 Å². The van der Waals surface area contributed by atoms with Gasteiger partial charge < -0.3 is 5.11 Å². The maximum Gasteiger partial charge on any atom is 0.0571 e. The third kappa shape index (κ3) is 4.00. The fourth-order valence-electron chi connectivity index (χ4n) is 8.77. The normalized spacial score (nSPS) is 41.0. The Hall–Kier alpha value is -0.560. The molecule has 0 aliphatic heterocycles. The number of allylic oxidation sites excluding steroid dienone is 4. The van der Waals surface area contributed by atoms with Crippen LogP contribution in [0, 0.1) is 40.4 Å². The van der Waals surface area contributed by atoms with Crippen molar-refractivity contribution in [2.75, 3.05) is 0 Å². The Morgan fingerprint density at radius 3 is 2.52 bits per heavy atom. The van der Waals surface area contributed by atoms with Gasteiger partial charge in [-0.3, -0.25) is 0 Å². The van der Waals surface area contributed by atoms with Gasteiger partial charge in [-0.25, -0.2) is 0 Å². The lowest BCUT2D eigenvalue weighted by atomic mass is 9.49. The van der Waals surface area contributed by atoms with Crippen LogP contribution in [0.5, 0.6) is 0 Å². The molecule has 4 aliphatic carbocycles. The third-order valence-electron chi connectivity index (χ3n) is 10.5. The molecule has 7 atom stereocenters. The van der Waals surface area contributed by atoms with Crippen LogP contribution >= 0.6 is 0 Å². The van der Waals surface area contributed by atoms with Crippen molar-refractivity contribution in [2.24, 2.45) is 40.4 Å². The molecule has 1 fully saturated rings. The van der Waals surface area contributed by atoms with Crippen LogP contribution in [0.2, 0.25) is 0 Å². The minimum Gasteiger partial charge on any atom is -0.393 e. The molecule has 1 saturated carbocycles. The predicted octanol–water partition coefficient (Wildman–Crippen LogP) is 8.48. The summed E-state index contributed by atoms with van der Waals surface area (Å²) in [5, 5.41) is 10.8. The maximum absolute atomic E-state index is 10.8. The van der Waals surface area contributed by atoms with Gasteiger partial charge in [0.15, 0.2) is 0 Å². The molecule has 0 saturated heterocycles. The summed E-state index contributed by atoms with van der Waals surface area (Å²) < 4.78 is 0. The second-order valence-corrected chi connectivity index (χ2v) is 12.8. The van der Waals surface area contributed by atoms with Crippen LogP contribution in [-0.2, 0) is 0 Å². The summed E-state index contributed by atoms with van der Waals surface area (Å²) in [6.07, 6.45) is 18.0. The van der Waals surface area contributed by atoms with E-state index in [1.54, 1.807) is 11.1 Å². The average Bonchev–Trinajstić information content (AvgIpc) is 3.07. The topological polar surface area (TPSA) is 20.2 Å². The first-order valence-electron chi connectivity index (χ1n) is 13.8. The molecule has 0 aromatic rings. The molecular formula is C30H50O. The van der Waals surface area contributed by atoms with Crippen molar-refractivity contribution >= 4 is 0 Å². The van der Waals surface area contributed by atoms with Crippen LogP contribution in [0.4, 0.5) is 0 Å². The Kier molecular flexibility index (Phi) is 6.85. The van der Waals surface area contributed by atoms with Crippen LogP contribution in [0.15, 0.2) is 22.8 Å². The molecular weight excluding hydrogens is 376 g/mol. The van der Waals surface area contributed by atoms with Crippen molar-refractivity contribution < 1.29 is 5.11 Å². The van der Waals surface area contributed by atoms with Gasteiger partial charge in [0.1, 0.15) is 0 Å². The van der Waals surface area contributed by atoms with Gasteiger partial charge in [0.2, 0.25) is 0 Å². The number of aliphatic hydroxyl groups excluding tert-OH is 1. The second kappa shape index (κ2) is 9.00. The number of aliphatic hydroxyl groups is 1. The van der Waals surface area contributed by atoms with Gasteiger partial charge in [-0.15, -0.1) is 0 Å². The van der Waals surface area contributed by atoms with Crippen molar-refractivity contribution in [1.29, 1.82) is 0 Å². The molecule has 1 N–H and O–H groups in total. The summed E-state index contributed by atoms with van der Waals surface area (Å²) in [6, 6.07) is 0. The van der Waals surface area contributed by atoms with E-state index in [2.05, 4.69) is 47.6 Å². The SMILES string of the molecule is CCCC1C2CCC3=C(CC[C@@]4(C)C3=CC[C@@H]4[C@H](C)CCCC(C)C)[C@@]2(C)CC[C@@H]1O. The fourth-order valence-corrected chi connectivity index (χ4v) is 8.77. The molecule has 4 rings (SSSR count). The lowest BCUT2D eigenvalue weighted by Crippen LogP contribution is -2.48. The monoisotopic (exact) mass is 426 g/mol. The zero-order valence-electron chi connectivity index (χ0n) is 21.5. The zero-order valence-corrected chi connectivity index (χ0v) is 21.5. The first-order chi connectivity index (χ1) is 14.7. The molecule has 0 spiro atoms. The number of hydrogen-bond donors (Lipinski definition) is 1. The molecule has 0 aromatic carbocycles. The lowest BCUT2D eigenvalue weighted by molar-refractivity contribution is -0.0409. The number of fused-ring (bicyclic) bond motifs is 4. The van der Waals surface area contributed by atoms with E-state index < -0.39 is 0 Å². The highest BCUT2D eigenvalue weighted by Crippen LogP contribution is 2.65. The van der Waals surface area contributed by atoms with E-state index in [4.69, 9.17) is 0 Å². The molecule has 0 bridgehead atoms. The quantitative estimate of drug-likeness (QED) is 0.433. The molecule has 0 aromatic heterocycles. The molecule has 4 aliphatic rings. The van der Waals surface area contributed by atoms with Crippen molar-refractivity contribution in [3.63, 3.8) is 0 Å². The molecule has 1 nitrogen and oxygen atoms in total. The fraction of sp³-hybridized carbons (Fsp3) is 0.867. The second-order valence-electron chi connectivity index (χ2n) is 12.8. The predicted molar refractivity (Wildman–Crippen MR) is 133 cm³/mol. The van der Waals surface area contributed by atoms with Crippen molar-refractivity contribution in [1.82, 2.24) is 0 Å². The van der Waals surface area contributed by atoms with Gasteiger partial charge in [-0.05, 0) is 103 Å². The largest absolute Gasteiger partial charge is 0.393 e.